The van der Waals surface area contributed by atoms with Crippen LogP contribution in [0.2, 0.25) is 0 Å². The molecule has 0 bridgehead atoms. The lowest BCUT2D eigenvalue weighted by Gasteiger charge is -2.12. The quantitative estimate of drug-likeness (QED) is 0.877. The molecule has 0 aliphatic carbocycles. The summed E-state index contributed by atoms with van der Waals surface area (Å²) in [6.07, 6.45) is 0. The Labute approximate surface area is 100 Å². The van der Waals surface area contributed by atoms with Gasteiger partial charge in [0.2, 0.25) is 0 Å². The smallest absolute Gasteiger partial charge is 0.137 e. The Balaban J connectivity index is 2.36. The fourth-order valence-corrected chi connectivity index (χ4v) is 1.58. The summed E-state index contributed by atoms with van der Waals surface area (Å²) >= 11 is 0. The number of phenols is 1. The highest BCUT2D eigenvalue weighted by Gasteiger charge is 2.09. The molecular formula is C14H14O3. The molecule has 0 saturated carbocycles. The van der Waals surface area contributed by atoms with Crippen LogP contribution in [0.3, 0.4) is 0 Å². The molecule has 3 nitrogen and oxygen atoms in total. The van der Waals surface area contributed by atoms with Crippen molar-refractivity contribution in [2.24, 2.45) is 0 Å². The number of rotatable bonds is 3. The first-order valence-electron chi connectivity index (χ1n) is 5.31. The second-order valence-corrected chi connectivity index (χ2v) is 3.69. The van der Waals surface area contributed by atoms with Gasteiger partial charge >= 0.3 is 0 Å². The van der Waals surface area contributed by atoms with Crippen molar-refractivity contribution >= 4 is 0 Å². The third-order valence-electron chi connectivity index (χ3n) is 2.49. The summed E-state index contributed by atoms with van der Waals surface area (Å²) in [6, 6.07) is 12.6. The first-order chi connectivity index (χ1) is 8.20. The molecule has 3 heteroatoms. The minimum atomic E-state index is 0.124. The number of ether oxygens (including phenoxy) is 2. The molecule has 88 valence electrons. The first-order valence-corrected chi connectivity index (χ1v) is 5.31. The molecular weight excluding hydrogens is 216 g/mol. The van der Waals surface area contributed by atoms with Gasteiger partial charge in [0, 0.05) is 17.7 Å². The summed E-state index contributed by atoms with van der Waals surface area (Å²) in [5.41, 5.74) is 0.856. The van der Waals surface area contributed by atoms with Crippen LogP contribution in [0.25, 0.3) is 0 Å². The van der Waals surface area contributed by atoms with Crippen molar-refractivity contribution in [3.8, 4) is 23.0 Å². The fraction of sp³-hybridized carbons (Fsp3) is 0.143. The highest BCUT2D eigenvalue weighted by molar-refractivity contribution is 5.50. The Bertz CT molecular complexity index is 506. The van der Waals surface area contributed by atoms with Gasteiger partial charge in [-0.05, 0) is 19.1 Å². The van der Waals surface area contributed by atoms with E-state index in [1.54, 1.807) is 19.2 Å². The highest BCUT2D eigenvalue weighted by Crippen LogP contribution is 2.35. The monoisotopic (exact) mass is 230 g/mol. The molecule has 0 amide bonds. The van der Waals surface area contributed by atoms with Crippen LogP contribution in [0.5, 0.6) is 23.0 Å². The predicted octanol–water partition coefficient (Wildman–Crippen LogP) is 3.50. The number of hydrogen-bond donors (Lipinski definition) is 1. The molecule has 0 aromatic heterocycles. The van der Waals surface area contributed by atoms with Gasteiger partial charge in [0.25, 0.3) is 0 Å². The van der Waals surface area contributed by atoms with E-state index in [0.29, 0.717) is 11.5 Å². The molecule has 17 heavy (non-hydrogen) atoms. The molecule has 0 heterocycles. The van der Waals surface area contributed by atoms with Gasteiger partial charge in [-0.1, -0.05) is 18.2 Å². The summed E-state index contributed by atoms with van der Waals surface area (Å²) in [5.74, 6) is 2.05. The molecule has 0 unspecified atom stereocenters. The largest absolute Gasteiger partial charge is 0.508 e. The minimum Gasteiger partial charge on any atom is -0.508 e. The van der Waals surface area contributed by atoms with Crippen LogP contribution in [-0.4, -0.2) is 12.2 Å². The topological polar surface area (TPSA) is 38.7 Å². The SMILES string of the molecule is COc1cc(O)cc(Oc2ccccc2)c1C. The summed E-state index contributed by atoms with van der Waals surface area (Å²) in [4.78, 5) is 0. The maximum atomic E-state index is 9.57. The molecule has 2 rings (SSSR count). The van der Waals surface area contributed by atoms with E-state index in [9.17, 15) is 5.11 Å². The number of aromatic hydroxyl groups is 1. The van der Waals surface area contributed by atoms with E-state index < -0.39 is 0 Å². The van der Waals surface area contributed by atoms with Crippen LogP contribution >= 0.6 is 0 Å². The molecule has 0 aliphatic rings. The van der Waals surface area contributed by atoms with E-state index in [0.717, 1.165) is 11.3 Å². The average molecular weight is 230 g/mol. The Morgan fingerprint density at radius 2 is 1.65 bits per heavy atom. The molecule has 0 atom stereocenters. The van der Waals surface area contributed by atoms with E-state index >= 15 is 0 Å². The number of hydrogen-bond acceptors (Lipinski definition) is 3. The van der Waals surface area contributed by atoms with Crippen LogP contribution in [0, 0.1) is 6.92 Å². The van der Waals surface area contributed by atoms with Gasteiger partial charge in [0.1, 0.15) is 23.0 Å². The van der Waals surface area contributed by atoms with Gasteiger partial charge < -0.3 is 14.6 Å². The maximum Gasteiger partial charge on any atom is 0.137 e. The van der Waals surface area contributed by atoms with Crippen molar-refractivity contribution in [1.29, 1.82) is 0 Å². The zero-order chi connectivity index (χ0) is 12.3. The molecule has 2 aromatic carbocycles. The number of para-hydroxylation sites is 1. The van der Waals surface area contributed by atoms with Crippen molar-refractivity contribution in [1.82, 2.24) is 0 Å². The van der Waals surface area contributed by atoms with Crippen LogP contribution in [-0.2, 0) is 0 Å². The lowest BCUT2D eigenvalue weighted by atomic mass is 10.2. The van der Waals surface area contributed by atoms with Crippen molar-refractivity contribution in [3.05, 3.63) is 48.0 Å². The normalized spacial score (nSPS) is 10.0. The van der Waals surface area contributed by atoms with E-state index in [1.165, 1.54) is 0 Å². The molecule has 0 saturated heterocycles. The predicted molar refractivity (Wildman–Crippen MR) is 65.9 cm³/mol. The van der Waals surface area contributed by atoms with Gasteiger partial charge in [-0.2, -0.15) is 0 Å². The average Bonchev–Trinajstić information content (AvgIpc) is 2.34. The van der Waals surface area contributed by atoms with Gasteiger partial charge in [0.05, 0.1) is 7.11 Å². The van der Waals surface area contributed by atoms with Crippen molar-refractivity contribution < 1.29 is 14.6 Å². The molecule has 0 radical (unpaired) electrons. The Hall–Kier alpha value is -2.16. The van der Waals surface area contributed by atoms with E-state index in [4.69, 9.17) is 9.47 Å². The summed E-state index contributed by atoms with van der Waals surface area (Å²) in [7, 11) is 1.56. The molecule has 1 N–H and O–H groups in total. The van der Waals surface area contributed by atoms with Crippen LogP contribution in [0.15, 0.2) is 42.5 Å². The lowest BCUT2D eigenvalue weighted by molar-refractivity contribution is 0.395. The summed E-state index contributed by atoms with van der Waals surface area (Å²) < 4.78 is 10.9. The van der Waals surface area contributed by atoms with Gasteiger partial charge in [0.15, 0.2) is 0 Å². The third-order valence-corrected chi connectivity index (χ3v) is 2.49. The standard InChI is InChI=1S/C14H14O3/c1-10-13(16-2)8-11(15)9-14(10)17-12-6-4-3-5-7-12/h3-9,15H,1-2H3. The second kappa shape index (κ2) is 4.78. The number of phenolic OH excluding ortho intramolecular Hbond substituents is 1. The van der Waals surface area contributed by atoms with Crippen molar-refractivity contribution in [2.75, 3.05) is 7.11 Å². The zero-order valence-corrected chi connectivity index (χ0v) is 9.81. The van der Waals surface area contributed by atoms with E-state index in [1.807, 2.05) is 37.3 Å². The first kappa shape index (κ1) is 11.3. The van der Waals surface area contributed by atoms with Gasteiger partial charge in [-0.15, -0.1) is 0 Å². The van der Waals surface area contributed by atoms with Gasteiger partial charge in [-0.3, -0.25) is 0 Å². The Kier molecular flexibility index (Phi) is 3.19. The van der Waals surface area contributed by atoms with Crippen LogP contribution < -0.4 is 9.47 Å². The number of benzene rings is 2. The highest BCUT2D eigenvalue weighted by atomic mass is 16.5. The summed E-state index contributed by atoms with van der Waals surface area (Å²) in [6.45, 7) is 1.89. The second-order valence-electron chi connectivity index (χ2n) is 3.69. The lowest BCUT2D eigenvalue weighted by Crippen LogP contribution is -1.92. The van der Waals surface area contributed by atoms with Crippen molar-refractivity contribution in [2.45, 2.75) is 6.92 Å². The van der Waals surface area contributed by atoms with Crippen LogP contribution in [0.4, 0.5) is 0 Å². The Morgan fingerprint density at radius 3 is 2.29 bits per heavy atom. The summed E-state index contributed by atoms with van der Waals surface area (Å²) in [5, 5.41) is 9.57. The fourth-order valence-electron chi connectivity index (χ4n) is 1.58. The van der Waals surface area contributed by atoms with Gasteiger partial charge in [-0.25, -0.2) is 0 Å². The maximum absolute atomic E-state index is 9.57. The Morgan fingerprint density at radius 1 is 1.00 bits per heavy atom. The minimum absolute atomic E-state index is 0.124. The third kappa shape index (κ3) is 2.50. The zero-order valence-electron chi connectivity index (χ0n) is 9.81. The van der Waals surface area contributed by atoms with Crippen molar-refractivity contribution in [3.63, 3.8) is 0 Å². The van der Waals surface area contributed by atoms with E-state index in [-0.39, 0.29) is 5.75 Å². The molecule has 0 aliphatic heterocycles. The molecule has 0 spiro atoms. The van der Waals surface area contributed by atoms with E-state index in [2.05, 4.69) is 0 Å². The van der Waals surface area contributed by atoms with Crippen LogP contribution in [0.1, 0.15) is 5.56 Å². The number of methoxy groups -OCH3 is 1. The molecule has 2 aromatic rings. The molecule has 0 fully saturated rings.